The minimum absolute atomic E-state index is 0.168. The van der Waals surface area contributed by atoms with Crippen LogP contribution in [0.1, 0.15) is 55.6 Å². The van der Waals surface area contributed by atoms with Crippen LogP contribution in [0, 0.1) is 12.8 Å². The first-order chi connectivity index (χ1) is 12.5. The molecule has 1 fully saturated rings. The minimum Gasteiger partial charge on any atom is -0.449 e. The smallest absolute Gasteiger partial charge is 0.339 e. The Morgan fingerprint density at radius 3 is 2.73 bits per heavy atom. The number of carbonyl (C=O) groups excluding carboxylic acids is 2. The molecule has 1 amide bonds. The summed E-state index contributed by atoms with van der Waals surface area (Å²) in [7, 11) is 0. The molecule has 1 aromatic carbocycles. The van der Waals surface area contributed by atoms with Crippen molar-refractivity contribution in [2.75, 3.05) is 0 Å². The number of nitrogens with one attached hydrogen (secondary N) is 1. The van der Waals surface area contributed by atoms with Gasteiger partial charge in [-0.1, -0.05) is 38.0 Å². The van der Waals surface area contributed by atoms with Crippen LogP contribution >= 0.6 is 0 Å². The Bertz CT molecular complexity index is 818. The Labute approximate surface area is 154 Å². The van der Waals surface area contributed by atoms with Gasteiger partial charge in [0.05, 0.1) is 11.1 Å². The average Bonchev–Trinajstić information content (AvgIpc) is 2.62. The molecule has 1 aliphatic carbocycles. The summed E-state index contributed by atoms with van der Waals surface area (Å²) in [6.07, 6.45) is 3.63. The number of amides is 1. The topological polar surface area (TPSA) is 68.3 Å². The molecule has 2 aromatic rings. The number of fused-ring (bicyclic) bond motifs is 1. The molecule has 0 unspecified atom stereocenters. The van der Waals surface area contributed by atoms with Crippen molar-refractivity contribution in [2.24, 2.45) is 5.92 Å². The summed E-state index contributed by atoms with van der Waals surface area (Å²) < 4.78 is 5.46. The van der Waals surface area contributed by atoms with Gasteiger partial charge >= 0.3 is 5.97 Å². The van der Waals surface area contributed by atoms with Crippen LogP contribution in [-0.4, -0.2) is 29.0 Å². The highest BCUT2D eigenvalue weighted by atomic mass is 16.5. The van der Waals surface area contributed by atoms with E-state index in [1.54, 1.807) is 13.0 Å². The van der Waals surface area contributed by atoms with Gasteiger partial charge in [-0.05, 0) is 44.7 Å². The molecule has 26 heavy (non-hydrogen) atoms. The van der Waals surface area contributed by atoms with E-state index in [0.29, 0.717) is 11.5 Å². The molecular formula is C21H26N2O3. The number of hydrogen-bond acceptors (Lipinski definition) is 4. The highest BCUT2D eigenvalue weighted by Crippen LogP contribution is 2.24. The molecular weight excluding hydrogens is 328 g/mol. The monoisotopic (exact) mass is 354 g/mol. The molecule has 0 aliphatic heterocycles. The van der Waals surface area contributed by atoms with Gasteiger partial charge in [-0.2, -0.15) is 0 Å². The molecule has 1 aromatic heterocycles. The lowest BCUT2D eigenvalue weighted by molar-refractivity contribution is -0.130. The molecule has 1 heterocycles. The number of aromatic nitrogens is 1. The highest BCUT2D eigenvalue weighted by molar-refractivity contribution is 6.04. The molecule has 5 nitrogen and oxygen atoms in total. The van der Waals surface area contributed by atoms with Crippen molar-refractivity contribution in [1.82, 2.24) is 10.3 Å². The van der Waals surface area contributed by atoms with Gasteiger partial charge in [0.15, 0.2) is 6.10 Å². The Morgan fingerprint density at radius 1 is 1.23 bits per heavy atom. The lowest BCUT2D eigenvalue weighted by atomic mass is 9.86. The SMILES string of the molecule is Cc1cc(C(=O)O[C@@H](C)C(=O)N[C@H]2CCCC[C@@H]2C)c2ccccc2n1. The highest BCUT2D eigenvalue weighted by Gasteiger charge is 2.27. The summed E-state index contributed by atoms with van der Waals surface area (Å²) in [5.74, 6) is -0.263. The van der Waals surface area contributed by atoms with Gasteiger partial charge in [0.1, 0.15) is 0 Å². The molecule has 0 saturated heterocycles. The summed E-state index contributed by atoms with van der Waals surface area (Å²) in [5, 5.41) is 3.78. The van der Waals surface area contributed by atoms with Crippen LogP contribution in [0.25, 0.3) is 10.9 Å². The summed E-state index contributed by atoms with van der Waals surface area (Å²) in [6, 6.07) is 9.31. The fourth-order valence-electron chi connectivity index (χ4n) is 3.59. The van der Waals surface area contributed by atoms with Crippen molar-refractivity contribution >= 4 is 22.8 Å². The van der Waals surface area contributed by atoms with E-state index in [4.69, 9.17) is 4.74 Å². The maximum atomic E-state index is 12.7. The summed E-state index contributed by atoms with van der Waals surface area (Å²) in [4.78, 5) is 29.5. The molecule has 138 valence electrons. The molecule has 1 N–H and O–H groups in total. The van der Waals surface area contributed by atoms with Crippen molar-refractivity contribution in [3.8, 4) is 0 Å². The third-order valence-corrected chi connectivity index (χ3v) is 5.16. The Kier molecular flexibility index (Phi) is 5.55. The largest absolute Gasteiger partial charge is 0.449 e. The number of carbonyl (C=O) groups is 2. The first-order valence-corrected chi connectivity index (χ1v) is 9.33. The van der Waals surface area contributed by atoms with E-state index >= 15 is 0 Å². The van der Waals surface area contributed by atoms with E-state index in [0.717, 1.165) is 35.9 Å². The molecule has 1 aliphatic rings. The predicted molar refractivity (Wildman–Crippen MR) is 101 cm³/mol. The number of ether oxygens (including phenoxy) is 1. The van der Waals surface area contributed by atoms with Crippen molar-refractivity contribution < 1.29 is 14.3 Å². The van der Waals surface area contributed by atoms with E-state index in [-0.39, 0.29) is 11.9 Å². The number of benzene rings is 1. The van der Waals surface area contributed by atoms with Crippen molar-refractivity contribution in [3.05, 3.63) is 41.6 Å². The van der Waals surface area contributed by atoms with Crippen LogP contribution in [0.4, 0.5) is 0 Å². The van der Waals surface area contributed by atoms with Gasteiger partial charge in [0, 0.05) is 17.1 Å². The van der Waals surface area contributed by atoms with Crippen LogP contribution in [0.2, 0.25) is 0 Å². The van der Waals surface area contributed by atoms with Gasteiger partial charge in [-0.3, -0.25) is 9.78 Å². The van der Waals surface area contributed by atoms with Gasteiger partial charge in [0.2, 0.25) is 0 Å². The van der Waals surface area contributed by atoms with Gasteiger partial charge in [-0.25, -0.2) is 4.79 Å². The third kappa shape index (κ3) is 4.03. The molecule has 5 heteroatoms. The van der Waals surface area contributed by atoms with E-state index in [1.165, 1.54) is 6.42 Å². The van der Waals surface area contributed by atoms with E-state index < -0.39 is 12.1 Å². The molecule has 0 bridgehead atoms. The lowest BCUT2D eigenvalue weighted by Gasteiger charge is -2.30. The van der Waals surface area contributed by atoms with Crippen LogP contribution in [0.5, 0.6) is 0 Å². The number of para-hydroxylation sites is 1. The Balaban J connectivity index is 1.70. The van der Waals surface area contributed by atoms with Crippen LogP contribution < -0.4 is 5.32 Å². The van der Waals surface area contributed by atoms with Gasteiger partial charge < -0.3 is 10.1 Å². The zero-order valence-electron chi connectivity index (χ0n) is 15.6. The van der Waals surface area contributed by atoms with Crippen LogP contribution in [0.15, 0.2) is 30.3 Å². The number of esters is 1. The second-order valence-corrected chi connectivity index (χ2v) is 7.25. The molecule has 0 radical (unpaired) electrons. The van der Waals surface area contributed by atoms with E-state index in [9.17, 15) is 9.59 Å². The maximum absolute atomic E-state index is 12.7. The first-order valence-electron chi connectivity index (χ1n) is 9.33. The summed E-state index contributed by atoms with van der Waals surface area (Å²) in [5.41, 5.74) is 1.93. The van der Waals surface area contributed by atoms with E-state index in [1.807, 2.05) is 31.2 Å². The van der Waals surface area contributed by atoms with Crippen molar-refractivity contribution in [3.63, 3.8) is 0 Å². The third-order valence-electron chi connectivity index (χ3n) is 5.16. The standard InChI is InChI=1S/C21H26N2O3/c1-13-8-4-6-10-18(13)23-20(24)15(3)26-21(25)17-12-14(2)22-19-11-7-5-9-16(17)19/h5,7,9,11-13,15,18H,4,6,8,10H2,1-3H3,(H,23,24)/t13-,15-,18-/m0/s1. The second-order valence-electron chi connectivity index (χ2n) is 7.25. The molecule has 3 atom stereocenters. The van der Waals surface area contributed by atoms with Crippen molar-refractivity contribution in [1.29, 1.82) is 0 Å². The minimum atomic E-state index is -0.830. The first kappa shape index (κ1) is 18.4. The predicted octanol–water partition coefficient (Wildman–Crippen LogP) is 3.78. The number of nitrogens with zero attached hydrogens (tertiary/aromatic N) is 1. The number of hydrogen-bond donors (Lipinski definition) is 1. The molecule has 1 saturated carbocycles. The summed E-state index contributed by atoms with van der Waals surface area (Å²) >= 11 is 0. The zero-order valence-corrected chi connectivity index (χ0v) is 15.6. The number of rotatable bonds is 4. The fourth-order valence-corrected chi connectivity index (χ4v) is 3.59. The van der Waals surface area contributed by atoms with Crippen molar-refractivity contribution in [2.45, 2.75) is 58.6 Å². The average molecular weight is 354 g/mol. The van der Waals surface area contributed by atoms with Crippen LogP contribution in [-0.2, 0) is 9.53 Å². The zero-order chi connectivity index (χ0) is 18.7. The van der Waals surface area contributed by atoms with Crippen LogP contribution in [0.3, 0.4) is 0 Å². The Morgan fingerprint density at radius 2 is 1.96 bits per heavy atom. The normalized spacial score (nSPS) is 21.2. The quantitative estimate of drug-likeness (QED) is 0.849. The van der Waals surface area contributed by atoms with E-state index in [2.05, 4.69) is 17.2 Å². The lowest BCUT2D eigenvalue weighted by Crippen LogP contribution is -2.46. The maximum Gasteiger partial charge on any atom is 0.339 e. The fraction of sp³-hybridized carbons (Fsp3) is 0.476. The molecule has 0 spiro atoms. The molecule has 3 rings (SSSR count). The summed E-state index contributed by atoms with van der Waals surface area (Å²) in [6.45, 7) is 5.62. The van der Waals surface area contributed by atoms with Gasteiger partial charge in [-0.15, -0.1) is 0 Å². The van der Waals surface area contributed by atoms with Gasteiger partial charge in [0.25, 0.3) is 5.91 Å². The Hall–Kier alpha value is -2.43. The second kappa shape index (κ2) is 7.85. The number of aryl methyl sites for hydroxylation is 1. The number of pyridine rings is 1.